The Balaban J connectivity index is 1.64. The lowest BCUT2D eigenvalue weighted by molar-refractivity contribution is -0.116. The third-order valence-corrected chi connectivity index (χ3v) is 6.05. The molecule has 0 saturated heterocycles. The summed E-state index contributed by atoms with van der Waals surface area (Å²) in [5.41, 5.74) is 2.95. The first-order valence-electron chi connectivity index (χ1n) is 10.2. The normalized spacial score (nSPS) is 14.8. The van der Waals surface area contributed by atoms with E-state index in [4.69, 9.17) is 17.3 Å². The average molecular weight is 410 g/mol. The van der Waals surface area contributed by atoms with Crippen molar-refractivity contribution in [2.24, 2.45) is 0 Å². The highest BCUT2D eigenvalue weighted by molar-refractivity contribution is 7.71. The van der Waals surface area contributed by atoms with Gasteiger partial charge in [0.15, 0.2) is 5.82 Å². The molecule has 1 aromatic carbocycles. The monoisotopic (exact) mass is 409 g/mol. The molecule has 0 unspecified atom stereocenters. The van der Waals surface area contributed by atoms with Crippen LogP contribution in [-0.4, -0.2) is 25.0 Å². The molecule has 1 aliphatic rings. The van der Waals surface area contributed by atoms with Gasteiger partial charge in [-0.05, 0) is 62.2 Å². The number of anilines is 1. The molecule has 1 amide bonds. The zero-order valence-electron chi connectivity index (χ0n) is 17.0. The maximum Gasteiger partial charge on any atom is 0.246 e. The topological polar surface area (TPSA) is 56.8 Å². The van der Waals surface area contributed by atoms with Crippen LogP contribution in [0, 0.1) is 18.6 Å². The zero-order chi connectivity index (χ0) is 20.4. The Bertz CT molecular complexity index is 1040. The van der Waals surface area contributed by atoms with Gasteiger partial charge in [0.1, 0.15) is 6.54 Å². The Hall–Kier alpha value is -2.67. The van der Waals surface area contributed by atoms with E-state index in [1.165, 1.54) is 19.3 Å². The molecule has 1 N–H and O–H groups in total. The third kappa shape index (κ3) is 4.05. The van der Waals surface area contributed by atoms with Gasteiger partial charge in [-0.25, -0.2) is 9.36 Å². The van der Waals surface area contributed by atoms with Crippen LogP contribution in [0.2, 0.25) is 0 Å². The molecule has 0 spiro atoms. The number of hydrogen-bond donors (Lipinski definition) is 1. The highest BCUT2D eigenvalue weighted by Crippen LogP contribution is 2.32. The van der Waals surface area contributed by atoms with Crippen molar-refractivity contribution in [1.29, 1.82) is 0 Å². The summed E-state index contributed by atoms with van der Waals surface area (Å²) in [4.78, 5) is 12.8. The van der Waals surface area contributed by atoms with Crippen LogP contribution in [0.3, 0.4) is 0 Å². The highest BCUT2D eigenvalue weighted by atomic mass is 32.1. The van der Waals surface area contributed by atoms with E-state index in [0.29, 0.717) is 10.7 Å². The number of benzene rings is 1. The van der Waals surface area contributed by atoms with E-state index in [1.54, 1.807) is 4.68 Å². The van der Waals surface area contributed by atoms with Gasteiger partial charge in [0.25, 0.3) is 0 Å². The Kier molecular flexibility index (Phi) is 5.67. The van der Waals surface area contributed by atoms with Gasteiger partial charge in [-0.3, -0.25) is 9.47 Å². The van der Waals surface area contributed by atoms with Crippen molar-refractivity contribution < 1.29 is 4.79 Å². The first kappa shape index (κ1) is 19.6. The SMILES string of the molecule is Cc1cccc(C)c1NC(=O)Cn1nc(C2CCCCC2)n(-n2cccc2)c1=S. The summed E-state index contributed by atoms with van der Waals surface area (Å²) in [6.07, 6.45) is 9.85. The minimum atomic E-state index is -0.120. The molecular weight excluding hydrogens is 382 g/mol. The van der Waals surface area contributed by atoms with Gasteiger partial charge in [-0.15, -0.1) is 0 Å². The van der Waals surface area contributed by atoms with Crippen molar-refractivity contribution in [3.05, 3.63) is 64.4 Å². The van der Waals surface area contributed by atoms with E-state index in [1.807, 2.05) is 65.9 Å². The first-order chi connectivity index (χ1) is 14.0. The van der Waals surface area contributed by atoms with Crippen LogP contribution in [0.15, 0.2) is 42.7 Å². The third-order valence-electron chi connectivity index (χ3n) is 5.67. The molecule has 2 heterocycles. The van der Waals surface area contributed by atoms with Crippen LogP contribution in [-0.2, 0) is 11.3 Å². The van der Waals surface area contributed by atoms with E-state index >= 15 is 0 Å². The van der Waals surface area contributed by atoms with Gasteiger partial charge in [0.05, 0.1) is 0 Å². The maximum absolute atomic E-state index is 12.8. The Morgan fingerprint density at radius 3 is 2.41 bits per heavy atom. The molecule has 4 rings (SSSR count). The maximum atomic E-state index is 12.8. The number of rotatable bonds is 5. The fraction of sp³-hybridized carbons (Fsp3) is 0.409. The number of aromatic nitrogens is 4. The molecule has 29 heavy (non-hydrogen) atoms. The summed E-state index contributed by atoms with van der Waals surface area (Å²) < 4.78 is 6.12. The predicted octanol–water partition coefficient (Wildman–Crippen LogP) is 4.83. The van der Waals surface area contributed by atoms with Crippen LogP contribution in [0.4, 0.5) is 5.69 Å². The fourth-order valence-corrected chi connectivity index (χ4v) is 4.43. The summed E-state index contributed by atoms with van der Waals surface area (Å²) in [6.45, 7) is 4.09. The van der Waals surface area contributed by atoms with Gasteiger partial charge in [-0.2, -0.15) is 5.10 Å². The number of nitrogens with zero attached hydrogens (tertiary/aromatic N) is 4. The van der Waals surface area contributed by atoms with Gasteiger partial charge >= 0.3 is 0 Å². The number of nitrogens with one attached hydrogen (secondary N) is 1. The van der Waals surface area contributed by atoms with E-state index < -0.39 is 0 Å². The molecule has 6 nitrogen and oxygen atoms in total. The number of para-hydroxylation sites is 1. The van der Waals surface area contributed by atoms with Crippen molar-refractivity contribution >= 4 is 23.8 Å². The number of carbonyl (C=O) groups is 1. The summed E-state index contributed by atoms with van der Waals surface area (Å²) in [5.74, 6) is 1.20. The van der Waals surface area contributed by atoms with E-state index in [2.05, 4.69) is 5.32 Å². The van der Waals surface area contributed by atoms with Crippen molar-refractivity contribution in [3.8, 4) is 0 Å². The smallest absolute Gasteiger partial charge is 0.246 e. The average Bonchev–Trinajstić information content (AvgIpc) is 3.34. The molecule has 2 aromatic heterocycles. The van der Waals surface area contributed by atoms with Crippen LogP contribution < -0.4 is 5.32 Å². The number of amides is 1. The predicted molar refractivity (Wildman–Crippen MR) is 117 cm³/mol. The Labute approximate surface area is 176 Å². The molecule has 0 radical (unpaired) electrons. The lowest BCUT2D eigenvalue weighted by Crippen LogP contribution is -2.21. The van der Waals surface area contributed by atoms with Gasteiger partial charge in [0, 0.05) is 24.0 Å². The van der Waals surface area contributed by atoms with E-state index in [9.17, 15) is 4.79 Å². The molecule has 152 valence electrons. The number of carbonyl (C=O) groups excluding carboxylic acids is 1. The molecule has 1 aliphatic carbocycles. The van der Waals surface area contributed by atoms with Crippen molar-refractivity contribution in [1.82, 2.24) is 19.1 Å². The molecule has 0 bridgehead atoms. The molecule has 1 saturated carbocycles. The van der Waals surface area contributed by atoms with E-state index in [0.717, 1.165) is 35.5 Å². The van der Waals surface area contributed by atoms with Crippen molar-refractivity contribution in [2.75, 3.05) is 5.32 Å². The van der Waals surface area contributed by atoms with Crippen LogP contribution in [0.5, 0.6) is 0 Å². The minimum Gasteiger partial charge on any atom is -0.324 e. The Morgan fingerprint density at radius 1 is 1.10 bits per heavy atom. The lowest BCUT2D eigenvalue weighted by atomic mass is 9.89. The highest BCUT2D eigenvalue weighted by Gasteiger charge is 2.24. The molecular formula is C22H27N5OS. The largest absolute Gasteiger partial charge is 0.324 e. The summed E-state index contributed by atoms with van der Waals surface area (Å²) in [5, 5.41) is 7.84. The van der Waals surface area contributed by atoms with E-state index in [-0.39, 0.29) is 12.5 Å². The van der Waals surface area contributed by atoms with Gasteiger partial charge in [-0.1, -0.05) is 37.5 Å². The molecule has 0 atom stereocenters. The quantitative estimate of drug-likeness (QED) is 0.614. The summed E-state index contributed by atoms with van der Waals surface area (Å²) in [6, 6.07) is 9.92. The second kappa shape index (κ2) is 8.37. The van der Waals surface area contributed by atoms with Crippen LogP contribution in [0.25, 0.3) is 0 Å². The number of aryl methyl sites for hydroxylation is 2. The Morgan fingerprint density at radius 2 is 1.76 bits per heavy atom. The zero-order valence-corrected chi connectivity index (χ0v) is 17.8. The van der Waals surface area contributed by atoms with Crippen LogP contribution >= 0.6 is 12.2 Å². The molecule has 0 aliphatic heterocycles. The number of hydrogen-bond acceptors (Lipinski definition) is 3. The standard InChI is InChI=1S/C22H27N5OS/c1-16-9-8-10-17(2)20(16)23-19(28)15-26-22(29)27(25-13-6-7-14-25)21(24-26)18-11-4-3-5-12-18/h6-10,13-14,18H,3-5,11-12,15H2,1-2H3,(H,23,28). The van der Waals surface area contributed by atoms with Gasteiger partial charge < -0.3 is 5.32 Å². The first-order valence-corrected chi connectivity index (χ1v) is 10.6. The second-order valence-corrected chi connectivity index (χ2v) is 8.19. The van der Waals surface area contributed by atoms with Gasteiger partial charge in [0.2, 0.25) is 10.7 Å². The van der Waals surface area contributed by atoms with Crippen LogP contribution in [0.1, 0.15) is 55.0 Å². The van der Waals surface area contributed by atoms with Crippen molar-refractivity contribution in [2.45, 2.75) is 58.4 Å². The lowest BCUT2D eigenvalue weighted by Gasteiger charge is -2.21. The minimum absolute atomic E-state index is 0.0978. The van der Waals surface area contributed by atoms with Crippen molar-refractivity contribution in [3.63, 3.8) is 0 Å². The summed E-state index contributed by atoms with van der Waals surface area (Å²) >= 11 is 5.73. The fourth-order valence-electron chi connectivity index (χ4n) is 4.14. The molecule has 3 aromatic rings. The summed E-state index contributed by atoms with van der Waals surface area (Å²) in [7, 11) is 0. The second-order valence-electron chi connectivity index (χ2n) is 7.82. The molecule has 1 fully saturated rings. The molecule has 7 heteroatoms.